The van der Waals surface area contributed by atoms with Gasteiger partial charge in [0.1, 0.15) is 0 Å². The lowest BCUT2D eigenvalue weighted by Crippen LogP contribution is -2.35. The minimum Gasteiger partial charge on any atom is -0.323 e. The molecule has 2 atom stereocenters. The van der Waals surface area contributed by atoms with Gasteiger partial charge in [-0.1, -0.05) is 33.6 Å². The zero-order valence-electron chi connectivity index (χ0n) is 11.3. The summed E-state index contributed by atoms with van der Waals surface area (Å²) in [6.07, 6.45) is 6.49. The minimum absolute atomic E-state index is 0.246. The molecule has 1 fully saturated rings. The molecule has 2 N–H and O–H groups in total. The normalized spacial score (nSPS) is 25.8. The number of thiophene rings is 1. The van der Waals surface area contributed by atoms with Crippen molar-refractivity contribution in [2.75, 3.05) is 0 Å². The number of rotatable bonds is 3. The molecule has 0 bridgehead atoms. The van der Waals surface area contributed by atoms with Crippen LogP contribution in [0.1, 0.15) is 62.3 Å². The largest absolute Gasteiger partial charge is 0.323 e. The van der Waals surface area contributed by atoms with E-state index in [1.54, 1.807) is 0 Å². The Morgan fingerprint density at radius 1 is 1.41 bits per heavy atom. The lowest BCUT2D eigenvalue weighted by atomic mass is 9.66. The maximum atomic E-state index is 6.52. The highest BCUT2D eigenvalue weighted by atomic mass is 32.1. The smallest absolute Gasteiger partial charge is 0.0423 e. The molecule has 2 unspecified atom stereocenters. The summed E-state index contributed by atoms with van der Waals surface area (Å²) in [6, 6.07) is 4.74. The minimum atomic E-state index is 0.246. The SMILES string of the molecule is CCc1ccc(C(N)C2CCCCC2(C)C)s1. The molecule has 0 aromatic carbocycles. The molecule has 0 spiro atoms. The van der Waals surface area contributed by atoms with E-state index in [1.165, 1.54) is 35.4 Å². The van der Waals surface area contributed by atoms with Crippen LogP contribution in [0.15, 0.2) is 12.1 Å². The molecule has 1 saturated carbocycles. The van der Waals surface area contributed by atoms with Crippen molar-refractivity contribution in [3.05, 3.63) is 21.9 Å². The Morgan fingerprint density at radius 2 is 2.18 bits per heavy atom. The molecule has 1 heterocycles. The van der Waals surface area contributed by atoms with Crippen molar-refractivity contribution in [2.24, 2.45) is 17.1 Å². The summed E-state index contributed by atoms with van der Waals surface area (Å²) >= 11 is 1.91. The van der Waals surface area contributed by atoms with Gasteiger partial charge in [0.25, 0.3) is 0 Å². The van der Waals surface area contributed by atoms with Crippen LogP contribution < -0.4 is 5.73 Å². The highest BCUT2D eigenvalue weighted by Crippen LogP contribution is 2.46. The third-order valence-electron chi connectivity index (χ3n) is 4.38. The van der Waals surface area contributed by atoms with Gasteiger partial charge in [-0.3, -0.25) is 0 Å². The fourth-order valence-electron chi connectivity index (χ4n) is 3.15. The van der Waals surface area contributed by atoms with Gasteiger partial charge in [0, 0.05) is 15.8 Å². The van der Waals surface area contributed by atoms with Crippen LogP contribution >= 0.6 is 11.3 Å². The summed E-state index contributed by atoms with van der Waals surface area (Å²) in [4.78, 5) is 2.85. The van der Waals surface area contributed by atoms with E-state index in [0.717, 1.165) is 6.42 Å². The van der Waals surface area contributed by atoms with Gasteiger partial charge in [-0.2, -0.15) is 0 Å². The molecule has 1 aromatic heterocycles. The molecule has 1 aromatic rings. The van der Waals surface area contributed by atoms with Gasteiger partial charge in [-0.05, 0) is 42.7 Å². The van der Waals surface area contributed by atoms with Crippen LogP contribution in [0.2, 0.25) is 0 Å². The second kappa shape index (κ2) is 5.11. The zero-order valence-corrected chi connectivity index (χ0v) is 12.1. The van der Waals surface area contributed by atoms with Gasteiger partial charge >= 0.3 is 0 Å². The summed E-state index contributed by atoms with van der Waals surface area (Å²) in [5, 5.41) is 0. The van der Waals surface area contributed by atoms with Crippen LogP contribution in [0.4, 0.5) is 0 Å². The van der Waals surface area contributed by atoms with Crippen molar-refractivity contribution in [2.45, 2.75) is 58.9 Å². The quantitative estimate of drug-likeness (QED) is 0.839. The van der Waals surface area contributed by atoms with Crippen LogP contribution in [0.5, 0.6) is 0 Å². The predicted molar refractivity (Wildman–Crippen MR) is 76.4 cm³/mol. The first-order chi connectivity index (χ1) is 8.04. The fraction of sp³-hybridized carbons (Fsp3) is 0.733. The Labute approximate surface area is 109 Å². The zero-order chi connectivity index (χ0) is 12.5. The number of aryl methyl sites for hydroxylation is 1. The number of nitrogens with two attached hydrogens (primary N) is 1. The third-order valence-corrected chi connectivity index (χ3v) is 5.71. The van der Waals surface area contributed by atoms with Gasteiger partial charge in [0.2, 0.25) is 0 Å². The first kappa shape index (κ1) is 13.1. The second-order valence-corrected chi connectivity index (χ2v) is 7.22. The maximum absolute atomic E-state index is 6.52. The Balaban J connectivity index is 2.15. The average molecular weight is 251 g/mol. The van der Waals surface area contributed by atoms with Crippen LogP contribution in [0.3, 0.4) is 0 Å². The van der Waals surface area contributed by atoms with Crippen molar-refractivity contribution >= 4 is 11.3 Å². The first-order valence-electron chi connectivity index (χ1n) is 6.89. The molecular weight excluding hydrogens is 226 g/mol. The van der Waals surface area contributed by atoms with E-state index in [2.05, 4.69) is 32.9 Å². The number of hydrogen-bond acceptors (Lipinski definition) is 2. The maximum Gasteiger partial charge on any atom is 0.0423 e. The van der Waals surface area contributed by atoms with Crippen LogP contribution in [-0.2, 0) is 6.42 Å². The summed E-state index contributed by atoms with van der Waals surface area (Å²) in [6.45, 7) is 7.00. The molecule has 0 saturated heterocycles. The Morgan fingerprint density at radius 3 is 2.76 bits per heavy atom. The van der Waals surface area contributed by atoms with E-state index in [9.17, 15) is 0 Å². The van der Waals surface area contributed by atoms with Gasteiger partial charge < -0.3 is 5.73 Å². The molecule has 0 aliphatic heterocycles. The van der Waals surface area contributed by atoms with Gasteiger partial charge in [-0.25, -0.2) is 0 Å². The lowest BCUT2D eigenvalue weighted by Gasteiger charge is -2.41. The molecular formula is C15H25NS. The van der Waals surface area contributed by atoms with Crippen molar-refractivity contribution in [1.82, 2.24) is 0 Å². The van der Waals surface area contributed by atoms with Crippen molar-refractivity contribution < 1.29 is 0 Å². The fourth-order valence-corrected chi connectivity index (χ4v) is 4.17. The van der Waals surface area contributed by atoms with Gasteiger partial charge in [0.15, 0.2) is 0 Å². The Kier molecular flexibility index (Phi) is 3.94. The first-order valence-corrected chi connectivity index (χ1v) is 7.70. The average Bonchev–Trinajstić information content (AvgIpc) is 2.76. The van der Waals surface area contributed by atoms with E-state index in [1.807, 2.05) is 11.3 Å². The molecule has 1 aliphatic carbocycles. The van der Waals surface area contributed by atoms with Crippen molar-refractivity contribution in [3.8, 4) is 0 Å². The standard InChI is InChI=1S/C15H25NS/c1-4-11-8-9-13(17-11)14(16)12-7-5-6-10-15(12,2)3/h8-9,12,14H,4-7,10,16H2,1-3H3. The van der Waals surface area contributed by atoms with Crippen molar-refractivity contribution in [3.63, 3.8) is 0 Å². The van der Waals surface area contributed by atoms with Crippen LogP contribution in [-0.4, -0.2) is 0 Å². The third kappa shape index (κ3) is 2.74. The summed E-state index contributed by atoms with van der Waals surface area (Å²) in [7, 11) is 0. The van der Waals surface area contributed by atoms with Crippen LogP contribution in [0, 0.1) is 11.3 Å². The van der Waals surface area contributed by atoms with E-state index < -0.39 is 0 Å². The molecule has 1 nitrogen and oxygen atoms in total. The summed E-state index contributed by atoms with van der Waals surface area (Å²) in [5.41, 5.74) is 6.93. The predicted octanol–water partition coefficient (Wildman–Crippen LogP) is 4.53. The molecule has 96 valence electrons. The van der Waals surface area contributed by atoms with Gasteiger partial charge in [-0.15, -0.1) is 11.3 Å². The van der Waals surface area contributed by atoms with Crippen molar-refractivity contribution in [1.29, 1.82) is 0 Å². The summed E-state index contributed by atoms with van der Waals surface area (Å²) < 4.78 is 0. The summed E-state index contributed by atoms with van der Waals surface area (Å²) in [5.74, 6) is 0.652. The highest BCUT2D eigenvalue weighted by Gasteiger charge is 2.36. The highest BCUT2D eigenvalue weighted by molar-refractivity contribution is 7.12. The topological polar surface area (TPSA) is 26.0 Å². The monoisotopic (exact) mass is 251 g/mol. The van der Waals surface area contributed by atoms with E-state index in [0.29, 0.717) is 11.3 Å². The Hall–Kier alpha value is -0.340. The molecule has 2 heteroatoms. The van der Waals surface area contributed by atoms with E-state index >= 15 is 0 Å². The van der Waals surface area contributed by atoms with E-state index in [-0.39, 0.29) is 6.04 Å². The second-order valence-electron chi connectivity index (χ2n) is 6.02. The molecule has 17 heavy (non-hydrogen) atoms. The van der Waals surface area contributed by atoms with Gasteiger partial charge in [0.05, 0.1) is 0 Å². The lowest BCUT2D eigenvalue weighted by molar-refractivity contribution is 0.114. The Bertz CT molecular complexity index is 367. The molecule has 0 amide bonds. The van der Waals surface area contributed by atoms with E-state index in [4.69, 9.17) is 5.73 Å². The number of hydrogen-bond donors (Lipinski definition) is 1. The molecule has 1 aliphatic rings. The molecule has 2 rings (SSSR count). The molecule has 0 radical (unpaired) electrons. The van der Waals surface area contributed by atoms with Crippen LogP contribution in [0.25, 0.3) is 0 Å².